The predicted molar refractivity (Wildman–Crippen MR) is 92.9 cm³/mol. The molecular weight excluding hydrogens is 344 g/mol. The molecule has 128 valence electrons. The number of hydrogen-bond acceptors (Lipinski definition) is 9. The minimum atomic E-state index is -0.790. The number of carbonyl (C=O) groups is 1. The van der Waals surface area contributed by atoms with Crippen molar-refractivity contribution < 1.29 is 14.5 Å². The highest BCUT2D eigenvalue weighted by Gasteiger charge is 2.22. The molecule has 0 atom stereocenters. The van der Waals surface area contributed by atoms with Crippen molar-refractivity contribution >= 4 is 39.2 Å². The maximum absolute atomic E-state index is 12.5. The van der Waals surface area contributed by atoms with Gasteiger partial charge in [0.05, 0.1) is 0 Å². The zero-order chi connectivity index (χ0) is 17.6. The number of carbonyl (C=O) groups excluding carboxylic acids is 1. The second kappa shape index (κ2) is 7.53. The lowest BCUT2D eigenvalue weighted by atomic mass is 10.3. The molecular formula is C15H14N6O3S. The van der Waals surface area contributed by atoms with E-state index < -0.39 is 5.97 Å². The number of benzene rings is 1. The minimum Gasteiger partial charge on any atom is -0.391 e. The van der Waals surface area contributed by atoms with Crippen LogP contribution in [0.1, 0.15) is 12.6 Å². The lowest BCUT2D eigenvalue weighted by Gasteiger charge is -2.04. The van der Waals surface area contributed by atoms with Crippen LogP contribution in [0.2, 0.25) is 0 Å². The number of allylic oxidation sites excluding steroid dienone is 1. The van der Waals surface area contributed by atoms with Gasteiger partial charge in [0.25, 0.3) is 0 Å². The maximum Gasteiger partial charge on any atom is 0.389 e. The van der Waals surface area contributed by atoms with Crippen molar-refractivity contribution in [1.29, 1.82) is 0 Å². The summed E-state index contributed by atoms with van der Waals surface area (Å²) in [5.74, 6) is -0.790. The number of oxime groups is 1. The zero-order valence-electron chi connectivity index (χ0n) is 13.2. The first-order valence-electron chi connectivity index (χ1n) is 7.24. The molecule has 2 N–H and O–H groups in total. The zero-order valence-corrected chi connectivity index (χ0v) is 14.0. The largest absolute Gasteiger partial charge is 0.391 e. The van der Waals surface area contributed by atoms with Crippen LogP contribution in [0.3, 0.4) is 0 Å². The van der Waals surface area contributed by atoms with E-state index in [0.29, 0.717) is 16.2 Å². The topological polar surface area (TPSA) is 118 Å². The number of rotatable bonds is 6. The number of fused-ring (bicyclic) bond motifs is 1. The smallest absolute Gasteiger partial charge is 0.389 e. The molecule has 3 rings (SSSR count). The van der Waals surface area contributed by atoms with E-state index in [-0.39, 0.29) is 18.0 Å². The highest BCUT2D eigenvalue weighted by Crippen LogP contribution is 2.13. The van der Waals surface area contributed by atoms with Crippen LogP contribution in [0, 0.1) is 0 Å². The van der Waals surface area contributed by atoms with E-state index in [2.05, 4.69) is 20.5 Å². The van der Waals surface area contributed by atoms with Crippen molar-refractivity contribution in [1.82, 2.24) is 20.1 Å². The van der Waals surface area contributed by atoms with Crippen LogP contribution in [-0.2, 0) is 9.63 Å². The van der Waals surface area contributed by atoms with Gasteiger partial charge < -0.3 is 15.4 Å². The Morgan fingerprint density at radius 2 is 2.28 bits per heavy atom. The van der Waals surface area contributed by atoms with Gasteiger partial charge in [0.2, 0.25) is 5.71 Å². The Kier molecular flexibility index (Phi) is 5.00. The average Bonchev–Trinajstić information content (AvgIpc) is 3.22. The van der Waals surface area contributed by atoms with Crippen molar-refractivity contribution in [2.24, 2.45) is 5.16 Å². The van der Waals surface area contributed by atoms with E-state index in [1.54, 1.807) is 35.7 Å². The molecule has 2 aromatic heterocycles. The third-order valence-electron chi connectivity index (χ3n) is 3.01. The summed E-state index contributed by atoms with van der Waals surface area (Å²) in [4.78, 5) is 27.9. The van der Waals surface area contributed by atoms with Crippen LogP contribution in [0.5, 0.6) is 0 Å². The first kappa shape index (κ1) is 16.6. The summed E-state index contributed by atoms with van der Waals surface area (Å²) in [5.41, 5.74) is 6.91. The standard InChI is InChI=1S/C15H14N6O3S/c1-2-3-8-23-19-13(11-9-25-15(16)17-11)14(22)24-21-12-7-5-4-6-10(12)18-20-21/h2-7,9H,8H2,1H3,(H2,16,17)/b3-2+,19-13-. The Balaban J connectivity index is 1.85. The van der Waals surface area contributed by atoms with Gasteiger partial charge in [-0.1, -0.05) is 28.2 Å². The molecule has 0 unspecified atom stereocenters. The molecule has 10 heteroatoms. The fourth-order valence-electron chi connectivity index (χ4n) is 1.86. The van der Waals surface area contributed by atoms with Gasteiger partial charge in [0.15, 0.2) is 5.13 Å². The number of anilines is 1. The van der Waals surface area contributed by atoms with Crippen molar-refractivity contribution in [3.05, 3.63) is 47.5 Å². The van der Waals surface area contributed by atoms with E-state index in [9.17, 15) is 4.79 Å². The van der Waals surface area contributed by atoms with E-state index in [0.717, 1.165) is 4.85 Å². The second-order valence-electron chi connectivity index (χ2n) is 4.71. The lowest BCUT2D eigenvalue weighted by Crippen LogP contribution is -2.29. The molecule has 25 heavy (non-hydrogen) atoms. The van der Waals surface area contributed by atoms with Gasteiger partial charge in [0.1, 0.15) is 23.3 Å². The number of nitrogens with zero attached hydrogens (tertiary/aromatic N) is 5. The number of aromatic nitrogens is 4. The van der Waals surface area contributed by atoms with Crippen LogP contribution in [0.4, 0.5) is 5.13 Å². The van der Waals surface area contributed by atoms with Crippen molar-refractivity contribution in [2.45, 2.75) is 6.92 Å². The molecule has 0 aliphatic heterocycles. The Labute approximate surface area is 146 Å². The molecule has 0 spiro atoms. The molecule has 0 fully saturated rings. The second-order valence-corrected chi connectivity index (χ2v) is 5.60. The van der Waals surface area contributed by atoms with Gasteiger partial charge >= 0.3 is 5.97 Å². The van der Waals surface area contributed by atoms with Gasteiger partial charge in [-0.25, -0.2) is 9.78 Å². The lowest BCUT2D eigenvalue weighted by molar-refractivity contribution is -0.137. The van der Waals surface area contributed by atoms with E-state index in [1.807, 2.05) is 13.0 Å². The summed E-state index contributed by atoms with van der Waals surface area (Å²) in [5, 5.41) is 13.4. The van der Waals surface area contributed by atoms with Crippen LogP contribution >= 0.6 is 11.3 Å². The Morgan fingerprint density at radius 3 is 3.04 bits per heavy atom. The normalized spacial score (nSPS) is 12.0. The predicted octanol–water partition coefficient (Wildman–Crippen LogP) is 1.42. The van der Waals surface area contributed by atoms with Crippen LogP contribution in [0.25, 0.3) is 11.0 Å². The summed E-state index contributed by atoms with van der Waals surface area (Å²) in [6, 6.07) is 7.07. The Hall–Kier alpha value is -3.27. The van der Waals surface area contributed by atoms with Crippen LogP contribution in [0.15, 0.2) is 47.0 Å². The Morgan fingerprint density at radius 1 is 1.44 bits per heavy atom. The van der Waals surface area contributed by atoms with Crippen LogP contribution in [-0.4, -0.2) is 38.4 Å². The average molecular weight is 358 g/mol. The van der Waals surface area contributed by atoms with Gasteiger partial charge in [0, 0.05) is 5.38 Å². The molecule has 0 saturated heterocycles. The number of nitrogens with two attached hydrogens (primary N) is 1. The number of thiazole rings is 1. The third kappa shape index (κ3) is 3.80. The van der Waals surface area contributed by atoms with Crippen LogP contribution < -0.4 is 10.6 Å². The molecule has 0 bridgehead atoms. The summed E-state index contributed by atoms with van der Waals surface area (Å²) in [7, 11) is 0. The SMILES string of the molecule is C/C=C/CO/N=C(\C(=O)On1nnc2ccccc21)c1csc(N)n1. The first-order valence-corrected chi connectivity index (χ1v) is 8.12. The molecule has 1 aromatic carbocycles. The van der Waals surface area contributed by atoms with Gasteiger partial charge in [-0.05, 0) is 30.3 Å². The van der Waals surface area contributed by atoms with E-state index in [4.69, 9.17) is 15.4 Å². The first-order chi connectivity index (χ1) is 12.2. The van der Waals surface area contributed by atoms with Crippen molar-refractivity contribution in [3.63, 3.8) is 0 Å². The summed E-state index contributed by atoms with van der Waals surface area (Å²) in [6.45, 7) is 2.05. The minimum absolute atomic E-state index is 0.114. The fourth-order valence-corrected chi connectivity index (χ4v) is 2.41. The van der Waals surface area contributed by atoms with E-state index >= 15 is 0 Å². The molecule has 3 aromatic rings. The number of hydrogen-bond donors (Lipinski definition) is 1. The van der Waals surface area contributed by atoms with Crippen molar-refractivity contribution in [3.8, 4) is 0 Å². The monoisotopic (exact) mass is 358 g/mol. The summed E-state index contributed by atoms with van der Waals surface area (Å²) >= 11 is 1.18. The number of para-hydroxylation sites is 1. The molecule has 0 amide bonds. The molecule has 9 nitrogen and oxygen atoms in total. The van der Waals surface area contributed by atoms with Gasteiger partial charge in [-0.3, -0.25) is 0 Å². The molecule has 2 heterocycles. The van der Waals surface area contributed by atoms with Gasteiger partial charge in [-0.15, -0.1) is 16.4 Å². The maximum atomic E-state index is 12.5. The highest BCUT2D eigenvalue weighted by atomic mass is 32.1. The highest BCUT2D eigenvalue weighted by molar-refractivity contribution is 7.13. The van der Waals surface area contributed by atoms with E-state index in [1.165, 1.54) is 11.3 Å². The molecule has 0 aliphatic carbocycles. The molecule has 0 saturated carbocycles. The number of nitrogen functional groups attached to an aromatic ring is 1. The summed E-state index contributed by atoms with van der Waals surface area (Å²) < 4.78 is 0. The van der Waals surface area contributed by atoms with Gasteiger partial charge in [-0.2, -0.15) is 0 Å². The molecule has 0 radical (unpaired) electrons. The fraction of sp³-hybridized carbons (Fsp3) is 0.133. The molecule has 0 aliphatic rings. The Bertz CT molecular complexity index is 946. The van der Waals surface area contributed by atoms with Crippen molar-refractivity contribution in [2.75, 3.05) is 12.3 Å². The summed E-state index contributed by atoms with van der Waals surface area (Å²) in [6.07, 6.45) is 3.54. The third-order valence-corrected chi connectivity index (χ3v) is 3.68. The quantitative estimate of drug-likeness (QED) is 0.233.